The molecule has 0 aliphatic rings. The first-order chi connectivity index (χ1) is 11.1. The van der Waals surface area contributed by atoms with Crippen molar-refractivity contribution in [1.82, 2.24) is 4.98 Å². The van der Waals surface area contributed by atoms with Crippen LogP contribution in [-0.2, 0) is 4.74 Å². The van der Waals surface area contributed by atoms with Crippen molar-refractivity contribution in [3.63, 3.8) is 0 Å². The standard InChI is InChI=1S/C17H20ClN3O2/c1-12-4-5-13(18)10-15(12)21-17(22)16-11-14(6-8-20-16)19-7-3-9-23-2/h4-6,8,10-11H,3,7,9H2,1-2H3,(H,19,20)(H,21,22). The Balaban J connectivity index is 2.03. The second-order valence-electron chi connectivity index (χ2n) is 5.12. The predicted molar refractivity (Wildman–Crippen MR) is 93.4 cm³/mol. The van der Waals surface area contributed by atoms with Crippen molar-refractivity contribution >= 4 is 28.9 Å². The zero-order valence-electron chi connectivity index (χ0n) is 13.2. The number of amides is 1. The zero-order valence-corrected chi connectivity index (χ0v) is 14.0. The Hall–Kier alpha value is -2.11. The minimum absolute atomic E-state index is 0.268. The number of aryl methyl sites for hydroxylation is 1. The lowest BCUT2D eigenvalue weighted by Crippen LogP contribution is -2.15. The molecule has 1 heterocycles. The highest BCUT2D eigenvalue weighted by Crippen LogP contribution is 2.21. The summed E-state index contributed by atoms with van der Waals surface area (Å²) < 4.78 is 5.00. The second kappa shape index (κ2) is 8.50. The van der Waals surface area contributed by atoms with Gasteiger partial charge in [0.05, 0.1) is 0 Å². The molecule has 6 heteroatoms. The number of halogens is 1. The van der Waals surface area contributed by atoms with E-state index in [1.165, 1.54) is 0 Å². The van der Waals surface area contributed by atoms with Gasteiger partial charge in [0, 0.05) is 42.9 Å². The highest BCUT2D eigenvalue weighted by atomic mass is 35.5. The third-order valence-electron chi connectivity index (χ3n) is 3.29. The first-order valence-corrected chi connectivity index (χ1v) is 7.74. The molecule has 122 valence electrons. The number of carbonyl (C=O) groups is 1. The van der Waals surface area contributed by atoms with E-state index in [1.54, 1.807) is 31.5 Å². The first kappa shape index (κ1) is 17.2. The lowest BCUT2D eigenvalue weighted by molar-refractivity contribution is 0.102. The van der Waals surface area contributed by atoms with Gasteiger partial charge in [0.25, 0.3) is 5.91 Å². The van der Waals surface area contributed by atoms with Gasteiger partial charge < -0.3 is 15.4 Å². The maximum Gasteiger partial charge on any atom is 0.274 e. The van der Waals surface area contributed by atoms with Gasteiger partial charge in [0.1, 0.15) is 5.69 Å². The van der Waals surface area contributed by atoms with Crippen LogP contribution in [0.1, 0.15) is 22.5 Å². The number of hydrogen-bond acceptors (Lipinski definition) is 4. The summed E-state index contributed by atoms with van der Waals surface area (Å²) in [5, 5.41) is 6.65. The summed E-state index contributed by atoms with van der Waals surface area (Å²) in [5.74, 6) is -0.268. The number of aromatic nitrogens is 1. The van der Waals surface area contributed by atoms with E-state index in [4.69, 9.17) is 16.3 Å². The van der Waals surface area contributed by atoms with Crippen LogP contribution in [0.4, 0.5) is 11.4 Å². The molecule has 2 N–H and O–H groups in total. The molecular formula is C17H20ClN3O2. The SMILES string of the molecule is COCCCNc1ccnc(C(=O)Nc2cc(Cl)ccc2C)c1. The summed E-state index contributed by atoms with van der Waals surface area (Å²) in [6.07, 6.45) is 2.50. The summed E-state index contributed by atoms with van der Waals surface area (Å²) in [6.45, 7) is 3.37. The van der Waals surface area contributed by atoms with Gasteiger partial charge in [-0.25, -0.2) is 0 Å². The third kappa shape index (κ3) is 5.23. The molecule has 1 aromatic carbocycles. The van der Waals surface area contributed by atoms with Gasteiger partial charge in [-0.1, -0.05) is 17.7 Å². The second-order valence-corrected chi connectivity index (χ2v) is 5.55. The quantitative estimate of drug-likeness (QED) is 0.758. The predicted octanol–water partition coefficient (Wildman–Crippen LogP) is 3.74. The Kier molecular flexibility index (Phi) is 6.38. The average molecular weight is 334 g/mol. The van der Waals surface area contributed by atoms with Crippen molar-refractivity contribution in [1.29, 1.82) is 0 Å². The number of benzene rings is 1. The number of nitrogens with one attached hydrogen (secondary N) is 2. The maximum atomic E-state index is 12.3. The molecule has 1 aromatic heterocycles. The summed E-state index contributed by atoms with van der Waals surface area (Å²) in [6, 6.07) is 8.92. The molecule has 5 nitrogen and oxygen atoms in total. The fraction of sp³-hybridized carbons (Fsp3) is 0.294. The Morgan fingerprint density at radius 2 is 2.13 bits per heavy atom. The molecule has 2 rings (SSSR count). The number of pyridine rings is 1. The van der Waals surface area contributed by atoms with Crippen molar-refractivity contribution in [3.05, 3.63) is 52.8 Å². The van der Waals surface area contributed by atoms with Crippen LogP contribution in [0.15, 0.2) is 36.5 Å². The minimum atomic E-state index is -0.268. The van der Waals surface area contributed by atoms with Crippen LogP contribution < -0.4 is 10.6 Å². The van der Waals surface area contributed by atoms with Crippen LogP contribution >= 0.6 is 11.6 Å². The Bertz CT molecular complexity index is 677. The highest BCUT2D eigenvalue weighted by Gasteiger charge is 2.10. The summed E-state index contributed by atoms with van der Waals surface area (Å²) >= 11 is 5.97. The fourth-order valence-electron chi connectivity index (χ4n) is 2.03. The van der Waals surface area contributed by atoms with Crippen LogP contribution in [-0.4, -0.2) is 31.2 Å². The van der Waals surface area contributed by atoms with E-state index >= 15 is 0 Å². The third-order valence-corrected chi connectivity index (χ3v) is 3.53. The highest BCUT2D eigenvalue weighted by molar-refractivity contribution is 6.31. The van der Waals surface area contributed by atoms with Crippen molar-refractivity contribution < 1.29 is 9.53 Å². The van der Waals surface area contributed by atoms with E-state index in [9.17, 15) is 4.79 Å². The molecule has 0 spiro atoms. The molecule has 0 aliphatic heterocycles. The molecule has 0 radical (unpaired) electrons. The van der Waals surface area contributed by atoms with E-state index < -0.39 is 0 Å². The zero-order chi connectivity index (χ0) is 16.7. The van der Waals surface area contributed by atoms with E-state index in [0.29, 0.717) is 23.0 Å². The van der Waals surface area contributed by atoms with Crippen molar-refractivity contribution in [2.75, 3.05) is 30.9 Å². The molecule has 0 bridgehead atoms. The monoisotopic (exact) mass is 333 g/mol. The summed E-state index contributed by atoms with van der Waals surface area (Å²) in [7, 11) is 1.67. The van der Waals surface area contributed by atoms with Gasteiger partial charge in [-0.05, 0) is 43.2 Å². The number of hydrogen-bond donors (Lipinski definition) is 2. The largest absolute Gasteiger partial charge is 0.385 e. The van der Waals surface area contributed by atoms with Crippen molar-refractivity contribution in [2.45, 2.75) is 13.3 Å². The lowest BCUT2D eigenvalue weighted by Gasteiger charge is -2.10. The van der Waals surface area contributed by atoms with Crippen LogP contribution in [0.2, 0.25) is 5.02 Å². The number of carbonyl (C=O) groups excluding carboxylic acids is 1. The molecule has 0 aliphatic carbocycles. The molecular weight excluding hydrogens is 314 g/mol. The Morgan fingerprint density at radius 3 is 2.91 bits per heavy atom. The van der Waals surface area contributed by atoms with E-state index in [0.717, 1.165) is 24.2 Å². The van der Waals surface area contributed by atoms with Gasteiger partial charge in [-0.15, -0.1) is 0 Å². The number of methoxy groups -OCH3 is 1. The van der Waals surface area contributed by atoms with Gasteiger partial charge in [0.2, 0.25) is 0 Å². The molecule has 1 amide bonds. The normalized spacial score (nSPS) is 10.4. The minimum Gasteiger partial charge on any atom is -0.385 e. The van der Waals surface area contributed by atoms with E-state index in [2.05, 4.69) is 15.6 Å². The average Bonchev–Trinajstić information content (AvgIpc) is 2.55. The molecule has 23 heavy (non-hydrogen) atoms. The van der Waals surface area contributed by atoms with Gasteiger partial charge in [-0.3, -0.25) is 9.78 Å². The number of nitrogens with zero attached hydrogens (tertiary/aromatic N) is 1. The van der Waals surface area contributed by atoms with Gasteiger partial charge >= 0.3 is 0 Å². The van der Waals surface area contributed by atoms with Gasteiger partial charge in [0.15, 0.2) is 0 Å². The topological polar surface area (TPSA) is 63.2 Å². The maximum absolute atomic E-state index is 12.3. The van der Waals surface area contributed by atoms with Crippen LogP contribution in [0.3, 0.4) is 0 Å². The number of anilines is 2. The molecule has 0 saturated heterocycles. The molecule has 0 atom stereocenters. The van der Waals surface area contributed by atoms with Gasteiger partial charge in [-0.2, -0.15) is 0 Å². The van der Waals surface area contributed by atoms with Crippen LogP contribution in [0, 0.1) is 6.92 Å². The Labute approximate surface area is 141 Å². The molecule has 0 saturated carbocycles. The fourth-order valence-corrected chi connectivity index (χ4v) is 2.20. The van der Waals surface area contributed by atoms with Crippen molar-refractivity contribution in [2.24, 2.45) is 0 Å². The summed E-state index contributed by atoms with van der Waals surface area (Å²) in [4.78, 5) is 16.5. The molecule has 2 aromatic rings. The Morgan fingerprint density at radius 1 is 1.30 bits per heavy atom. The molecule has 0 unspecified atom stereocenters. The molecule has 0 fully saturated rings. The van der Waals surface area contributed by atoms with Crippen LogP contribution in [0.5, 0.6) is 0 Å². The number of rotatable bonds is 7. The number of ether oxygens (including phenoxy) is 1. The first-order valence-electron chi connectivity index (χ1n) is 7.36. The summed E-state index contributed by atoms with van der Waals surface area (Å²) in [5.41, 5.74) is 2.82. The van der Waals surface area contributed by atoms with Crippen molar-refractivity contribution in [3.8, 4) is 0 Å². The van der Waals surface area contributed by atoms with Crippen LogP contribution in [0.25, 0.3) is 0 Å². The smallest absolute Gasteiger partial charge is 0.274 e. The lowest BCUT2D eigenvalue weighted by atomic mass is 10.2. The van der Waals surface area contributed by atoms with E-state index in [-0.39, 0.29) is 5.91 Å². The van der Waals surface area contributed by atoms with E-state index in [1.807, 2.05) is 19.1 Å².